The minimum absolute atomic E-state index is 0.559. The van der Waals surface area contributed by atoms with Gasteiger partial charge in [-0.25, -0.2) is 5.43 Å². The molecule has 3 aromatic rings. The predicted molar refractivity (Wildman–Crippen MR) is 103 cm³/mol. The molecule has 6 heteroatoms. The molecule has 1 aromatic heterocycles. The first-order chi connectivity index (χ1) is 12.6. The standard InChI is InChI=1S/C20H20N4O2/c1-3-14-5-4-6-17-15(11-21-18(14)17)12-22-24-20(26)19(25)23-16-9-7-13(2)8-10-16/h4-12,21H,3H2,1-2H3,(H,23,25)(H,24,26)/b22-12+. The van der Waals surface area contributed by atoms with E-state index >= 15 is 0 Å². The highest BCUT2D eigenvalue weighted by molar-refractivity contribution is 6.39. The summed E-state index contributed by atoms with van der Waals surface area (Å²) in [6.07, 6.45) is 4.27. The van der Waals surface area contributed by atoms with Crippen molar-refractivity contribution in [3.05, 3.63) is 65.4 Å². The van der Waals surface area contributed by atoms with E-state index in [0.717, 1.165) is 28.5 Å². The maximum absolute atomic E-state index is 11.9. The van der Waals surface area contributed by atoms with Crippen LogP contribution < -0.4 is 10.7 Å². The smallest absolute Gasteiger partial charge is 0.329 e. The molecule has 0 saturated heterocycles. The molecular formula is C20H20N4O2. The van der Waals surface area contributed by atoms with Crippen molar-refractivity contribution in [3.8, 4) is 0 Å². The van der Waals surface area contributed by atoms with Crippen molar-refractivity contribution in [1.29, 1.82) is 0 Å². The fourth-order valence-electron chi connectivity index (χ4n) is 2.68. The molecule has 0 spiro atoms. The van der Waals surface area contributed by atoms with E-state index in [1.165, 1.54) is 11.8 Å². The zero-order chi connectivity index (χ0) is 18.5. The molecule has 2 aromatic carbocycles. The van der Waals surface area contributed by atoms with Gasteiger partial charge in [-0.3, -0.25) is 9.59 Å². The normalized spacial score (nSPS) is 11.0. The number of aromatic amines is 1. The second kappa shape index (κ2) is 7.65. The quantitative estimate of drug-likeness (QED) is 0.384. The molecule has 0 atom stereocenters. The van der Waals surface area contributed by atoms with E-state index in [-0.39, 0.29) is 0 Å². The Morgan fingerprint density at radius 2 is 1.88 bits per heavy atom. The highest BCUT2D eigenvalue weighted by Crippen LogP contribution is 2.20. The van der Waals surface area contributed by atoms with E-state index in [2.05, 4.69) is 33.8 Å². The van der Waals surface area contributed by atoms with Crippen LogP contribution in [0.25, 0.3) is 10.9 Å². The first-order valence-electron chi connectivity index (χ1n) is 8.38. The molecule has 0 aliphatic heterocycles. The number of hydrazone groups is 1. The molecule has 3 rings (SSSR count). The van der Waals surface area contributed by atoms with Crippen LogP contribution in [0.2, 0.25) is 0 Å². The molecule has 3 N–H and O–H groups in total. The van der Waals surface area contributed by atoms with Gasteiger partial charge in [0.2, 0.25) is 0 Å². The molecule has 0 radical (unpaired) electrons. The van der Waals surface area contributed by atoms with Crippen molar-refractivity contribution < 1.29 is 9.59 Å². The Balaban J connectivity index is 1.64. The molecule has 132 valence electrons. The SMILES string of the molecule is CCc1cccc2c(/C=N/NC(=O)C(=O)Nc3ccc(C)cc3)c[nH]c12. The summed E-state index contributed by atoms with van der Waals surface area (Å²) in [6.45, 7) is 4.04. The third kappa shape index (κ3) is 3.80. The largest absolute Gasteiger partial charge is 0.360 e. The van der Waals surface area contributed by atoms with Gasteiger partial charge in [0.25, 0.3) is 0 Å². The number of carbonyl (C=O) groups is 2. The van der Waals surface area contributed by atoms with Crippen LogP contribution in [0.1, 0.15) is 23.6 Å². The van der Waals surface area contributed by atoms with E-state index in [0.29, 0.717) is 5.69 Å². The van der Waals surface area contributed by atoms with Crippen LogP contribution in [-0.2, 0) is 16.0 Å². The van der Waals surface area contributed by atoms with Crippen LogP contribution in [0.4, 0.5) is 5.69 Å². The van der Waals surface area contributed by atoms with Gasteiger partial charge in [0.1, 0.15) is 0 Å². The maximum Gasteiger partial charge on any atom is 0.329 e. The Hall–Kier alpha value is -3.41. The zero-order valence-corrected chi connectivity index (χ0v) is 14.7. The zero-order valence-electron chi connectivity index (χ0n) is 14.7. The van der Waals surface area contributed by atoms with Gasteiger partial charge in [0.15, 0.2) is 0 Å². The molecule has 0 bridgehead atoms. The number of aromatic nitrogens is 1. The van der Waals surface area contributed by atoms with E-state index in [9.17, 15) is 9.59 Å². The molecule has 0 aliphatic rings. The van der Waals surface area contributed by atoms with Crippen molar-refractivity contribution in [3.63, 3.8) is 0 Å². The second-order valence-electron chi connectivity index (χ2n) is 5.96. The summed E-state index contributed by atoms with van der Waals surface area (Å²) in [5.74, 6) is -1.59. The number of hydrogen-bond acceptors (Lipinski definition) is 3. The topological polar surface area (TPSA) is 86.3 Å². The third-order valence-electron chi connectivity index (χ3n) is 4.10. The highest BCUT2D eigenvalue weighted by atomic mass is 16.2. The average Bonchev–Trinajstić information content (AvgIpc) is 3.06. The molecular weight excluding hydrogens is 328 g/mol. The summed E-state index contributed by atoms with van der Waals surface area (Å²) in [5, 5.41) is 7.44. The number of para-hydroxylation sites is 1. The lowest BCUT2D eigenvalue weighted by Gasteiger charge is -2.04. The number of amides is 2. The summed E-state index contributed by atoms with van der Waals surface area (Å²) in [4.78, 5) is 27.0. The number of hydrogen-bond donors (Lipinski definition) is 3. The van der Waals surface area contributed by atoms with Gasteiger partial charge >= 0.3 is 11.8 Å². The summed E-state index contributed by atoms with van der Waals surface area (Å²) < 4.78 is 0. The number of benzene rings is 2. The molecule has 26 heavy (non-hydrogen) atoms. The van der Waals surface area contributed by atoms with Crippen molar-refractivity contribution in [2.24, 2.45) is 5.10 Å². The molecule has 0 saturated carbocycles. The first-order valence-corrected chi connectivity index (χ1v) is 8.38. The number of fused-ring (bicyclic) bond motifs is 1. The van der Waals surface area contributed by atoms with E-state index < -0.39 is 11.8 Å². The molecule has 6 nitrogen and oxygen atoms in total. The predicted octanol–water partition coefficient (Wildman–Crippen LogP) is 3.13. The maximum atomic E-state index is 11.9. The molecule has 0 aliphatic carbocycles. The molecule has 0 unspecified atom stereocenters. The molecule has 2 amide bonds. The Morgan fingerprint density at radius 1 is 1.12 bits per heavy atom. The van der Waals surface area contributed by atoms with Crippen LogP contribution in [0.5, 0.6) is 0 Å². The lowest BCUT2D eigenvalue weighted by Crippen LogP contribution is -2.32. The second-order valence-corrected chi connectivity index (χ2v) is 5.96. The Kier molecular flexibility index (Phi) is 5.12. The van der Waals surface area contributed by atoms with Crippen LogP contribution in [0.15, 0.2) is 53.8 Å². The summed E-state index contributed by atoms with van der Waals surface area (Å²) in [7, 11) is 0. The Bertz CT molecular complexity index is 971. The Morgan fingerprint density at radius 3 is 2.62 bits per heavy atom. The van der Waals surface area contributed by atoms with Gasteiger partial charge in [-0.2, -0.15) is 5.10 Å². The number of rotatable bonds is 4. The van der Waals surface area contributed by atoms with Crippen molar-refractivity contribution >= 4 is 34.6 Å². The van der Waals surface area contributed by atoms with Crippen LogP contribution >= 0.6 is 0 Å². The lowest BCUT2D eigenvalue weighted by molar-refractivity contribution is -0.136. The number of nitrogens with one attached hydrogen (secondary N) is 3. The summed E-state index contributed by atoms with van der Waals surface area (Å²) >= 11 is 0. The molecule has 1 heterocycles. The van der Waals surface area contributed by atoms with Gasteiger partial charge in [-0.15, -0.1) is 0 Å². The number of H-pyrrole nitrogens is 1. The van der Waals surface area contributed by atoms with Gasteiger partial charge in [0.05, 0.1) is 6.21 Å². The minimum atomic E-state index is -0.823. The van der Waals surface area contributed by atoms with E-state index in [1.54, 1.807) is 12.1 Å². The number of carbonyl (C=O) groups excluding carboxylic acids is 2. The minimum Gasteiger partial charge on any atom is -0.360 e. The van der Waals surface area contributed by atoms with Gasteiger partial charge < -0.3 is 10.3 Å². The lowest BCUT2D eigenvalue weighted by atomic mass is 10.1. The van der Waals surface area contributed by atoms with Crippen LogP contribution in [0.3, 0.4) is 0 Å². The molecule has 0 fully saturated rings. The van der Waals surface area contributed by atoms with Crippen LogP contribution in [0, 0.1) is 6.92 Å². The highest BCUT2D eigenvalue weighted by Gasteiger charge is 2.12. The summed E-state index contributed by atoms with van der Waals surface area (Å²) in [5.41, 5.74) is 6.99. The number of aryl methyl sites for hydroxylation is 2. The van der Waals surface area contributed by atoms with Crippen molar-refractivity contribution in [1.82, 2.24) is 10.4 Å². The van der Waals surface area contributed by atoms with Gasteiger partial charge in [-0.05, 0) is 31.0 Å². The van der Waals surface area contributed by atoms with Crippen molar-refractivity contribution in [2.75, 3.05) is 5.32 Å². The van der Waals surface area contributed by atoms with Crippen molar-refractivity contribution in [2.45, 2.75) is 20.3 Å². The Labute approximate surface area is 151 Å². The van der Waals surface area contributed by atoms with Gasteiger partial charge in [0, 0.05) is 28.4 Å². The van der Waals surface area contributed by atoms with E-state index in [4.69, 9.17) is 0 Å². The first kappa shape index (κ1) is 17.4. The monoisotopic (exact) mass is 348 g/mol. The average molecular weight is 348 g/mol. The van der Waals surface area contributed by atoms with E-state index in [1.807, 2.05) is 37.4 Å². The fourth-order valence-corrected chi connectivity index (χ4v) is 2.68. The number of anilines is 1. The summed E-state index contributed by atoms with van der Waals surface area (Å²) in [6, 6.07) is 13.2. The van der Waals surface area contributed by atoms with Gasteiger partial charge in [-0.1, -0.05) is 42.8 Å². The van der Waals surface area contributed by atoms with Crippen LogP contribution in [-0.4, -0.2) is 23.0 Å². The number of nitrogens with zero attached hydrogens (tertiary/aromatic N) is 1. The fraction of sp³-hybridized carbons (Fsp3) is 0.150. The third-order valence-corrected chi connectivity index (χ3v) is 4.10.